The largest absolute Gasteiger partial charge is 0.288 e. The summed E-state index contributed by atoms with van der Waals surface area (Å²) < 4.78 is 28.4. The van der Waals surface area contributed by atoms with Gasteiger partial charge in [0.05, 0.1) is 20.7 Å². The molecule has 0 N–H and O–H groups in total. The lowest BCUT2D eigenvalue weighted by molar-refractivity contribution is -0.110. The molecule has 0 aliphatic heterocycles. The lowest BCUT2D eigenvalue weighted by Gasteiger charge is -2.18. The molecule has 0 radical (unpaired) electrons. The van der Waals surface area contributed by atoms with Crippen LogP contribution in [0.5, 0.6) is 0 Å². The van der Waals surface area contributed by atoms with Crippen molar-refractivity contribution in [3.05, 3.63) is 52.0 Å². The van der Waals surface area contributed by atoms with Gasteiger partial charge in [-0.1, -0.05) is 56.1 Å². The van der Waals surface area contributed by atoms with E-state index in [-0.39, 0.29) is 26.1 Å². The normalized spacial score (nSPS) is 18.0. The summed E-state index contributed by atoms with van der Waals surface area (Å²) in [6.45, 7) is 6.10. The van der Waals surface area contributed by atoms with Crippen LogP contribution in [0.15, 0.2) is 55.8 Å². The fraction of sp³-hybridized carbons (Fsp3) is 0.250. The molecule has 4 nitrogen and oxygen atoms in total. The van der Waals surface area contributed by atoms with E-state index in [9.17, 15) is 13.2 Å². The first-order valence-electron chi connectivity index (χ1n) is 6.75. The van der Waals surface area contributed by atoms with Gasteiger partial charge in [0.1, 0.15) is 0 Å². The van der Waals surface area contributed by atoms with Gasteiger partial charge in [-0.3, -0.25) is 4.79 Å². The number of carbonyl (C=O) groups is 1. The van der Waals surface area contributed by atoms with Crippen LogP contribution < -0.4 is 0 Å². The summed E-state index contributed by atoms with van der Waals surface area (Å²) in [6, 6.07) is 6.49. The summed E-state index contributed by atoms with van der Waals surface area (Å²) in [6.07, 6.45) is 2.19. The van der Waals surface area contributed by atoms with E-state index in [0.717, 1.165) is 17.7 Å². The van der Waals surface area contributed by atoms with Crippen molar-refractivity contribution in [2.24, 2.45) is 4.40 Å². The Morgan fingerprint density at radius 3 is 2.04 bits per heavy atom. The highest BCUT2D eigenvalue weighted by atomic mass is 35.5. The number of nitrogens with zero attached hydrogens (tertiary/aromatic N) is 1. The molecule has 2 rings (SSSR count). The predicted molar refractivity (Wildman–Crippen MR) is 92.6 cm³/mol. The molecule has 0 unspecified atom stereocenters. The van der Waals surface area contributed by atoms with Gasteiger partial charge in [-0.25, -0.2) is 0 Å². The molecule has 0 fully saturated rings. The molecule has 0 atom stereocenters. The SMILES string of the molecule is CC(C)(C)c1ccc(S(=O)(=O)/N=C2\C=C(Cl)C(=O)C=C2Cl)cc1. The minimum atomic E-state index is -3.95. The second kappa shape index (κ2) is 6.23. The molecule has 1 aromatic carbocycles. The third-order valence-corrected chi connectivity index (χ3v) is 5.14. The van der Waals surface area contributed by atoms with Crippen LogP contribution in [-0.4, -0.2) is 19.9 Å². The van der Waals surface area contributed by atoms with Gasteiger partial charge in [-0.05, 0) is 29.2 Å². The zero-order chi connectivity index (χ0) is 17.4. The van der Waals surface area contributed by atoms with E-state index in [1.165, 1.54) is 12.1 Å². The number of halogens is 2. The molecule has 0 amide bonds. The highest BCUT2D eigenvalue weighted by molar-refractivity contribution is 7.90. The van der Waals surface area contributed by atoms with Crippen LogP contribution in [0.4, 0.5) is 0 Å². The second-order valence-electron chi connectivity index (χ2n) is 6.07. The smallest absolute Gasteiger partial charge is 0.282 e. The molecule has 122 valence electrons. The lowest BCUT2D eigenvalue weighted by Crippen LogP contribution is -2.12. The third-order valence-electron chi connectivity index (χ3n) is 3.24. The summed E-state index contributed by atoms with van der Waals surface area (Å²) in [5, 5.41) is -0.194. The first-order valence-corrected chi connectivity index (χ1v) is 8.95. The highest BCUT2D eigenvalue weighted by Crippen LogP contribution is 2.25. The number of carbonyl (C=O) groups excluding carboxylic acids is 1. The highest BCUT2D eigenvalue weighted by Gasteiger charge is 2.21. The number of benzene rings is 1. The topological polar surface area (TPSA) is 63.6 Å². The van der Waals surface area contributed by atoms with E-state index < -0.39 is 15.8 Å². The van der Waals surface area contributed by atoms with Gasteiger partial charge in [0.15, 0.2) is 5.78 Å². The Hall–Kier alpha value is -1.43. The number of sulfonamides is 1. The minimum Gasteiger partial charge on any atom is -0.288 e. The Morgan fingerprint density at radius 2 is 1.52 bits per heavy atom. The molecule has 0 saturated heterocycles. The van der Waals surface area contributed by atoms with Crippen LogP contribution in [0, 0.1) is 0 Å². The van der Waals surface area contributed by atoms with Crippen molar-refractivity contribution in [1.82, 2.24) is 0 Å². The van der Waals surface area contributed by atoms with Crippen molar-refractivity contribution in [2.45, 2.75) is 31.1 Å². The average molecular weight is 372 g/mol. The van der Waals surface area contributed by atoms with Crippen molar-refractivity contribution in [2.75, 3.05) is 0 Å². The van der Waals surface area contributed by atoms with Gasteiger partial charge >= 0.3 is 0 Å². The molecule has 23 heavy (non-hydrogen) atoms. The number of hydrogen-bond acceptors (Lipinski definition) is 3. The van der Waals surface area contributed by atoms with Gasteiger partial charge in [0.25, 0.3) is 10.0 Å². The molecular formula is C16H15Cl2NO3S. The Labute approximate surface area is 145 Å². The zero-order valence-electron chi connectivity index (χ0n) is 12.8. The Bertz CT molecular complexity index is 842. The monoisotopic (exact) mass is 371 g/mol. The molecule has 0 heterocycles. The maximum absolute atomic E-state index is 12.4. The van der Waals surface area contributed by atoms with Gasteiger partial charge in [0.2, 0.25) is 0 Å². The molecule has 0 spiro atoms. The van der Waals surface area contributed by atoms with Gasteiger partial charge in [0, 0.05) is 6.08 Å². The third kappa shape index (κ3) is 4.10. The van der Waals surface area contributed by atoms with Crippen molar-refractivity contribution in [3.63, 3.8) is 0 Å². The molecule has 0 bridgehead atoms. The van der Waals surface area contributed by atoms with Crippen LogP contribution in [0.25, 0.3) is 0 Å². The zero-order valence-corrected chi connectivity index (χ0v) is 15.1. The first-order chi connectivity index (χ1) is 10.5. The van der Waals surface area contributed by atoms with Crippen LogP contribution >= 0.6 is 23.2 Å². The van der Waals surface area contributed by atoms with Crippen LogP contribution in [0.3, 0.4) is 0 Å². The Kier molecular flexibility index (Phi) is 4.85. The number of allylic oxidation sites excluding steroid dienone is 4. The molecule has 1 aliphatic rings. The molecule has 0 saturated carbocycles. The van der Waals surface area contributed by atoms with Gasteiger partial charge in [-0.15, -0.1) is 0 Å². The first kappa shape index (κ1) is 17.9. The van der Waals surface area contributed by atoms with E-state index in [0.29, 0.717) is 0 Å². The summed E-state index contributed by atoms with van der Waals surface area (Å²) >= 11 is 11.6. The summed E-state index contributed by atoms with van der Waals surface area (Å²) in [7, 11) is -3.95. The van der Waals surface area contributed by atoms with Crippen molar-refractivity contribution >= 4 is 44.7 Å². The summed E-state index contributed by atoms with van der Waals surface area (Å²) in [4.78, 5) is 11.4. The Balaban J connectivity index is 2.42. The fourth-order valence-corrected chi connectivity index (χ4v) is 3.30. The molecule has 0 aromatic heterocycles. The molecule has 1 aliphatic carbocycles. The van der Waals surface area contributed by atoms with Gasteiger partial charge < -0.3 is 0 Å². The van der Waals surface area contributed by atoms with Crippen molar-refractivity contribution < 1.29 is 13.2 Å². The number of ketones is 1. The van der Waals surface area contributed by atoms with Gasteiger partial charge in [-0.2, -0.15) is 12.8 Å². The van der Waals surface area contributed by atoms with E-state index in [1.54, 1.807) is 12.1 Å². The van der Waals surface area contributed by atoms with E-state index in [4.69, 9.17) is 23.2 Å². The summed E-state index contributed by atoms with van der Waals surface area (Å²) in [5.74, 6) is -0.484. The Morgan fingerprint density at radius 1 is 0.957 bits per heavy atom. The van der Waals surface area contributed by atoms with Crippen LogP contribution in [0.2, 0.25) is 0 Å². The van der Waals surface area contributed by atoms with Crippen molar-refractivity contribution in [1.29, 1.82) is 0 Å². The predicted octanol–water partition coefficient (Wildman–Crippen LogP) is 3.94. The molecule has 7 heteroatoms. The van der Waals surface area contributed by atoms with E-state index in [1.807, 2.05) is 20.8 Å². The molecule has 1 aromatic rings. The quantitative estimate of drug-likeness (QED) is 0.739. The maximum Gasteiger partial charge on any atom is 0.282 e. The maximum atomic E-state index is 12.4. The number of rotatable bonds is 2. The lowest BCUT2D eigenvalue weighted by atomic mass is 9.87. The van der Waals surface area contributed by atoms with Crippen LogP contribution in [-0.2, 0) is 20.2 Å². The van der Waals surface area contributed by atoms with Crippen LogP contribution in [0.1, 0.15) is 26.3 Å². The standard InChI is InChI=1S/C16H15Cl2NO3S/c1-16(2,3)10-4-6-11(7-5-10)23(21,22)19-14-8-13(18)15(20)9-12(14)17/h4-9H,1-3H3/b19-14+. The summed E-state index contributed by atoms with van der Waals surface area (Å²) in [5.41, 5.74) is 0.865. The van der Waals surface area contributed by atoms with Crippen molar-refractivity contribution in [3.8, 4) is 0 Å². The number of hydrogen-bond donors (Lipinski definition) is 0. The minimum absolute atomic E-state index is 0.0453. The van der Waals surface area contributed by atoms with E-state index in [2.05, 4.69) is 4.40 Å². The van der Waals surface area contributed by atoms with E-state index >= 15 is 0 Å². The average Bonchev–Trinajstić information content (AvgIpc) is 2.44. The fourth-order valence-electron chi connectivity index (χ4n) is 1.90. The molecular weight excluding hydrogens is 357 g/mol. The second-order valence-corrected chi connectivity index (χ2v) is 8.49.